The van der Waals surface area contributed by atoms with E-state index < -0.39 is 0 Å². The molecule has 0 bridgehead atoms. The normalized spacial score (nSPS) is 19.1. The monoisotopic (exact) mass is 406 g/mol. The van der Waals surface area contributed by atoms with Gasteiger partial charge in [0.2, 0.25) is 0 Å². The van der Waals surface area contributed by atoms with Crippen molar-refractivity contribution in [2.75, 3.05) is 27.3 Å². The summed E-state index contributed by atoms with van der Waals surface area (Å²) in [5.74, 6) is 0.409. The molecule has 3 aromatic rings. The first-order valence-corrected chi connectivity index (χ1v) is 9.67. The Hall–Kier alpha value is -3.34. The molecule has 0 aliphatic carbocycles. The van der Waals surface area contributed by atoms with Crippen LogP contribution in [0, 0.1) is 11.3 Å². The number of methoxy groups -OCH3 is 1. The van der Waals surface area contributed by atoms with Gasteiger partial charge in [-0.15, -0.1) is 0 Å². The van der Waals surface area contributed by atoms with Crippen molar-refractivity contribution in [2.24, 2.45) is 0 Å². The number of aliphatic hydroxyl groups excluding tert-OH is 1. The third-order valence-electron chi connectivity index (χ3n) is 5.88. The fourth-order valence-corrected chi connectivity index (χ4v) is 4.29. The van der Waals surface area contributed by atoms with Crippen LogP contribution in [-0.2, 0) is 0 Å². The van der Waals surface area contributed by atoms with Crippen molar-refractivity contribution in [3.8, 4) is 28.9 Å². The third-order valence-corrected chi connectivity index (χ3v) is 5.88. The van der Waals surface area contributed by atoms with Crippen molar-refractivity contribution in [1.82, 2.24) is 4.90 Å². The second-order valence-corrected chi connectivity index (χ2v) is 7.51. The van der Waals surface area contributed by atoms with Crippen molar-refractivity contribution in [2.45, 2.75) is 18.4 Å². The van der Waals surface area contributed by atoms with E-state index in [9.17, 15) is 15.0 Å². The van der Waals surface area contributed by atoms with E-state index in [1.54, 1.807) is 24.3 Å². The Morgan fingerprint density at radius 1 is 1.30 bits per heavy atom. The minimum Gasteiger partial charge on any atom is -0.507 e. The molecule has 1 aliphatic heterocycles. The molecule has 30 heavy (non-hydrogen) atoms. The smallest absolute Gasteiger partial charge is 0.197 e. The van der Waals surface area contributed by atoms with E-state index in [0.29, 0.717) is 28.2 Å². The second-order valence-electron chi connectivity index (χ2n) is 7.51. The minimum atomic E-state index is -0.371. The first kappa shape index (κ1) is 20.0. The number of phenolic OH excluding ortho intramolecular Hbond substituents is 1. The first-order valence-electron chi connectivity index (χ1n) is 9.67. The molecule has 0 saturated carbocycles. The molecule has 1 aliphatic rings. The molecule has 7 nitrogen and oxygen atoms in total. The largest absolute Gasteiger partial charge is 0.507 e. The molecular formula is C23H22N2O5. The van der Waals surface area contributed by atoms with Gasteiger partial charge in [0.15, 0.2) is 5.43 Å². The average Bonchev–Trinajstić information content (AvgIpc) is 3.12. The summed E-state index contributed by atoms with van der Waals surface area (Å²) < 4.78 is 11.7. The van der Waals surface area contributed by atoms with Crippen LogP contribution in [0.3, 0.4) is 0 Å². The van der Waals surface area contributed by atoms with Gasteiger partial charge < -0.3 is 24.3 Å². The molecule has 7 heteroatoms. The number of hydrogen-bond donors (Lipinski definition) is 2. The maximum Gasteiger partial charge on any atom is 0.197 e. The molecule has 0 spiro atoms. The number of rotatable bonds is 4. The van der Waals surface area contributed by atoms with E-state index in [1.165, 1.54) is 19.2 Å². The van der Waals surface area contributed by atoms with E-state index in [-0.39, 0.29) is 40.7 Å². The Morgan fingerprint density at radius 2 is 2.03 bits per heavy atom. The molecular weight excluding hydrogens is 384 g/mol. The number of aliphatic hydroxyl groups is 1. The number of ether oxygens (including phenoxy) is 1. The van der Waals surface area contributed by atoms with Crippen molar-refractivity contribution in [3.05, 3.63) is 57.7 Å². The second kappa shape index (κ2) is 7.82. The predicted molar refractivity (Wildman–Crippen MR) is 112 cm³/mol. The number of likely N-dealkylation sites (tertiary alicyclic amines) is 1. The summed E-state index contributed by atoms with van der Waals surface area (Å²) in [5.41, 5.74) is 1.70. The zero-order chi connectivity index (χ0) is 21.4. The lowest BCUT2D eigenvalue weighted by molar-refractivity contribution is 0.171. The van der Waals surface area contributed by atoms with Gasteiger partial charge in [-0.3, -0.25) is 4.79 Å². The lowest BCUT2D eigenvalue weighted by Gasteiger charge is -2.25. The van der Waals surface area contributed by atoms with Gasteiger partial charge >= 0.3 is 0 Å². The molecule has 4 rings (SSSR count). The summed E-state index contributed by atoms with van der Waals surface area (Å²) in [6.07, 6.45) is 0.753. The van der Waals surface area contributed by atoms with Crippen LogP contribution in [0.5, 0.6) is 11.5 Å². The highest BCUT2D eigenvalue weighted by atomic mass is 16.5. The van der Waals surface area contributed by atoms with Crippen LogP contribution in [0.1, 0.15) is 23.5 Å². The van der Waals surface area contributed by atoms with Crippen molar-refractivity contribution in [1.29, 1.82) is 5.26 Å². The molecule has 1 fully saturated rings. The van der Waals surface area contributed by atoms with Crippen LogP contribution >= 0.6 is 0 Å². The van der Waals surface area contributed by atoms with E-state index in [4.69, 9.17) is 14.4 Å². The van der Waals surface area contributed by atoms with Crippen molar-refractivity contribution >= 4 is 11.0 Å². The van der Waals surface area contributed by atoms with Gasteiger partial charge in [0.05, 0.1) is 25.3 Å². The Balaban J connectivity index is 2.00. The Bertz CT molecular complexity index is 1190. The van der Waals surface area contributed by atoms with Gasteiger partial charge in [0.25, 0.3) is 0 Å². The molecule has 0 radical (unpaired) electrons. The number of aromatic hydroxyl groups is 1. The highest BCUT2D eigenvalue weighted by molar-refractivity contribution is 5.90. The molecule has 1 unspecified atom stereocenters. The lowest BCUT2D eigenvalue weighted by atomic mass is 9.89. The molecule has 2 atom stereocenters. The highest BCUT2D eigenvalue weighted by Crippen LogP contribution is 2.44. The zero-order valence-electron chi connectivity index (χ0n) is 16.8. The summed E-state index contributed by atoms with van der Waals surface area (Å²) in [6, 6.07) is 11.4. The van der Waals surface area contributed by atoms with Crippen molar-refractivity contribution < 1.29 is 19.4 Å². The van der Waals surface area contributed by atoms with Crippen LogP contribution in [0.25, 0.3) is 22.3 Å². The molecule has 1 aromatic heterocycles. The fourth-order valence-electron chi connectivity index (χ4n) is 4.29. The number of likely N-dealkylation sites (N-methyl/N-ethyl adjacent to an activating group) is 1. The van der Waals surface area contributed by atoms with E-state index in [1.807, 2.05) is 7.05 Å². The Kier molecular flexibility index (Phi) is 5.20. The molecule has 2 heterocycles. The van der Waals surface area contributed by atoms with Gasteiger partial charge in [-0.1, -0.05) is 0 Å². The Labute approximate surface area is 173 Å². The minimum absolute atomic E-state index is 0.0494. The van der Waals surface area contributed by atoms with Gasteiger partial charge in [0.1, 0.15) is 28.2 Å². The SMILES string of the molecule is COc1cc(O)c2c(=O)cc(-c3ccc(C#N)cc3)oc2c1C1CCN(C)[C@@H]1CO. The van der Waals surface area contributed by atoms with E-state index in [0.717, 1.165) is 13.0 Å². The van der Waals surface area contributed by atoms with Crippen LogP contribution in [0.4, 0.5) is 0 Å². The van der Waals surface area contributed by atoms with Gasteiger partial charge in [-0.2, -0.15) is 5.26 Å². The summed E-state index contributed by atoms with van der Waals surface area (Å²) in [6.45, 7) is 0.729. The molecule has 1 saturated heterocycles. The third kappa shape index (κ3) is 3.20. The quantitative estimate of drug-likeness (QED) is 0.686. The number of nitrogens with zero attached hydrogens (tertiary/aromatic N) is 2. The van der Waals surface area contributed by atoms with Crippen LogP contribution < -0.4 is 10.2 Å². The van der Waals surface area contributed by atoms with Crippen LogP contribution in [0.15, 0.2) is 45.6 Å². The zero-order valence-corrected chi connectivity index (χ0v) is 16.8. The summed E-state index contributed by atoms with van der Waals surface area (Å²) >= 11 is 0. The number of phenols is 1. The van der Waals surface area contributed by atoms with Gasteiger partial charge in [0, 0.05) is 35.2 Å². The number of hydrogen-bond acceptors (Lipinski definition) is 7. The first-order chi connectivity index (χ1) is 14.5. The van der Waals surface area contributed by atoms with Crippen LogP contribution in [0.2, 0.25) is 0 Å². The molecule has 2 aromatic carbocycles. The standard InChI is InChI=1S/C23H22N2O5/c1-25-8-7-15(16(25)12-26)21-20(29-2)10-18(28)22-17(27)9-19(30-23(21)22)14-5-3-13(11-24)4-6-14/h3-6,9-10,15-16,26,28H,7-8,12H2,1-2H3/t15?,16-/m1/s1. The van der Waals surface area contributed by atoms with Gasteiger partial charge in [-0.05, 0) is 44.3 Å². The van der Waals surface area contributed by atoms with Crippen molar-refractivity contribution in [3.63, 3.8) is 0 Å². The number of fused-ring (bicyclic) bond motifs is 1. The molecule has 0 amide bonds. The Morgan fingerprint density at radius 3 is 2.67 bits per heavy atom. The maximum atomic E-state index is 12.9. The predicted octanol–water partition coefficient (Wildman–Crippen LogP) is 2.83. The molecule has 154 valence electrons. The number of nitriles is 1. The van der Waals surface area contributed by atoms with Crippen LogP contribution in [-0.4, -0.2) is 48.5 Å². The topological polar surface area (TPSA) is 107 Å². The summed E-state index contributed by atoms with van der Waals surface area (Å²) in [7, 11) is 3.44. The molecule has 2 N–H and O–H groups in total. The summed E-state index contributed by atoms with van der Waals surface area (Å²) in [4.78, 5) is 15.0. The lowest BCUT2D eigenvalue weighted by Crippen LogP contribution is -2.32. The van der Waals surface area contributed by atoms with Gasteiger partial charge in [-0.25, -0.2) is 0 Å². The number of benzene rings is 2. The maximum absolute atomic E-state index is 12.9. The van der Waals surface area contributed by atoms with E-state index >= 15 is 0 Å². The summed E-state index contributed by atoms with van der Waals surface area (Å²) in [5, 5.41) is 29.5. The highest BCUT2D eigenvalue weighted by Gasteiger charge is 2.37. The fraction of sp³-hybridized carbons (Fsp3) is 0.304. The van der Waals surface area contributed by atoms with E-state index in [2.05, 4.69) is 11.0 Å². The average molecular weight is 406 g/mol.